The Morgan fingerprint density at radius 3 is 2.82 bits per heavy atom. The predicted octanol–water partition coefficient (Wildman–Crippen LogP) is 1.98. The van der Waals surface area contributed by atoms with Crippen molar-refractivity contribution < 1.29 is 0 Å². The van der Waals surface area contributed by atoms with Crippen LogP contribution in [-0.2, 0) is 20.0 Å². The average Bonchev–Trinajstić information content (AvgIpc) is 2.86. The van der Waals surface area contributed by atoms with E-state index in [1.165, 1.54) is 5.56 Å². The van der Waals surface area contributed by atoms with E-state index in [4.69, 9.17) is 5.73 Å². The second-order valence-corrected chi connectivity index (χ2v) is 5.38. The van der Waals surface area contributed by atoms with E-state index in [-0.39, 0.29) is 0 Å². The Morgan fingerprint density at radius 2 is 2.18 bits per heavy atom. The minimum atomic E-state index is 0.404. The topological polar surface area (TPSA) is 71.5 Å². The van der Waals surface area contributed by atoms with E-state index in [2.05, 4.69) is 34.3 Å². The van der Waals surface area contributed by atoms with E-state index >= 15 is 0 Å². The summed E-state index contributed by atoms with van der Waals surface area (Å²) in [5, 5.41) is 3.12. The lowest BCUT2D eigenvalue weighted by Crippen LogP contribution is -2.23. The van der Waals surface area contributed by atoms with Gasteiger partial charge in [0.15, 0.2) is 5.96 Å². The normalized spacial score (nSPS) is 11.5. The molecule has 0 atom stereocenters. The number of guanidine groups is 1. The summed E-state index contributed by atoms with van der Waals surface area (Å²) in [5.74, 6) is 1.30. The molecule has 0 saturated carbocycles. The molecule has 6 nitrogen and oxygen atoms in total. The highest BCUT2D eigenvalue weighted by atomic mass is 15.3. The van der Waals surface area contributed by atoms with Gasteiger partial charge in [-0.3, -0.25) is 0 Å². The van der Waals surface area contributed by atoms with E-state index in [9.17, 15) is 0 Å². The van der Waals surface area contributed by atoms with Crippen LogP contribution in [0, 0.1) is 0 Å². The van der Waals surface area contributed by atoms with Gasteiger partial charge in [0.2, 0.25) is 5.95 Å². The van der Waals surface area contributed by atoms with Crippen molar-refractivity contribution in [2.24, 2.45) is 17.8 Å². The standard InChI is InChI=1S/C16H24N6/c1-5-12-7-6-8-13(9-12)20-15(17)18-10-14-11-19-16(21(2)3)22(14)4/h6-9,11H,5,10H2,1-4H3,(H3,17,18,20). The minimum Gasteiger partial charge on any atom is -0.370 e. The van der Waals surface area contributed by atoms with Crippen molar-refractivity contribution in [1.29, 1.82) is 0 Å². The van der Waals surface area contributed by atoms with Crippen molar-refractivity contribution in [1.82, 2.24) is 9.55 Å². The third-order valence-corrected chi connectivity index (χ3v) is 3.48. The lowest BCUT2D eigenvalue weighted by atomic mass is 10.1. The molecule has 1 heterocycles. The van der Waals surface area contributed by atoms with Crippen molar-refractivity contribution in [2.45, 2.75) is 19.9 Å². The van der Waals surface area contributed by atoms with Crippen molar-refractivity contribution >= 4 is 17.6 Å². The zero-order valence-corrected chi connectivity index (χ0v) is 13.7. The molecule has 2 aromatic rings. The highest BCUT2D eigenvalue weighted by Crippen LogP contribution is 2.13. The Morgan fingerprint density at radius 1 is 1.41 bits per heavy atom. The number of nitrogens with two attached hydrogens (primary N) is 1. The summed E-state index contributed by atoms with van der Waals surface area (Å²) in [4.78, 5) is 10.7. The highest BCUT2D eigenvalue weighted by molar-refractivity contribution is 5.92. The first-order chi connectivity index (χ1) is 10.5. The molecular weight excluding hydrogens is 276 g/mol. The van der Waals surface area contributed by atoms with Gasteiger partial charge in [-0.1, -0.05) is 19.1 Å². The number of hydrogen-bond donors (Lipinski definition) is 2. The molecule has 1 aromatic carbocycles. The third-order valence-electron chi connectivity index (χ3n) is 3.48. The average molecular weight is 300 g/mol. The molecule has 118 valence electrons. The quantitative estimate of drug-likeness (QED) is 0.654. The second kappa shape index (κ2) is 6.98. The van der Waals surface area contributed by atoms with E-state index in [0.29, 0.717) is 12.5 Å². The van der Waals surface area contributed by atoms with Crippen molar-refractivity contribution in [3.05, 3.63) is 41.7 Å². The molecule has 0 amide bonds. The highest BCUT2D eigenvalue weighted by Gasteiger charge is 2.07. The number of benzene rings is 1. The van der Waals surface area contributed by atoms with Gasteiger partial charge >= 0.3 is 0 Å². The van der Waals surface area contributed by atoms with Gasteiger partial charge in [0.1, 0.15) is 0 Å². The number of nitrogens with zero attached hydrogens (tertiary/aromatic N) is 4. The van der Waals surface area contributed by atoms with Crippen LogP contribution in [0.1, 0.15) is 18.2 Å². The molecule has 0 radical (unpaired) electrons. The van der Waals surface area contributed by atoms with Crippen LogP contribution in [0.4, 0.5) is 11.6 Å². The summed E-state index contributed by atoms with van der Waals surface area (Å²) < 4.78 is 2.01. The second-order valence-electron chi connectivity index (χ2n) is 5.38. The number of nitrogens with one attached hydrogen (secondary N) is 1. The summed E-state index contributed by atoms with van der Waals surface area (Å²) in [5.41, 5.74) is 9.19. The molecule has 0 unspecified atom stereocenters. The van der Waals surface area contributed by atoms with Gasteiger partial charge in [0.05, 0.1) is 18.4 Å². The number of anilines is 2. The van der Waals surface area contributed by atoms with Crippen molar-refractivity contribution in [3.8, 4) is 0 Å². The molecule has 0 spiro atoms. The molecule has 0 saturated heterocycles. The number of hydrogen-bond acceptors (Lipinski definition) is 3. The Labute approximate surface area is 131 Å². The van der Waals surface area contributed by atoms with Gasteiger partial charge < -0.3 is 20.5 Å². The third kappa shape index (κ3) is 3.78. The first-order valence-corrected chi connectivity index (χ1v) is 7.35. The molecule has 22 heavy (non-hydrogen) atoms. The predicted molar refractivity (Wildman–Crippen MR) is 92.3 cm³/mol. The van der Waals surface area contributed by atoms with Crippen LogP contribution in [0.25, 0.3) is 0 Å². The SMILES string of the molecule is CCc1cccc(NC(N)=NCc2cnc(N(C)C)n2C)c1. The van der Waals surface area contributed by atoms with Crippen LogP contribution in [0.5, 0.6) is 0 Å². The molecule has 1 aromatic heterocycles. The maximum Gasteiger partial charge on any atom is 0.204 e. The molecule has 2 rings (SSSR count). The number of aromatic nitrogens is 2. The number of aryl methyl sites for hydroxylation is 1. The largest absolute Gasteiger partial charge is 0.370 e. The van der Waals surface area contributed by atoms with Crippen LogP contribution < -0.4 is 16.0 Å². The number of rotatable bonds is 5. The Bertz CT molecular complexity index is 656. The molecule has 0 fully saturated rings. The monoisotopic (exact) mass is 300 g/mol. The van der Waals surface area contributed by atoms with Gasteiger partial charge in [0, 0.05) is 26.8 Å². The van der Waals surface area contributed by atoms with E-state index in [1.54, 1.807) is 0 Å². The van der Waals surface area contributed by atoms with Crippen LogP contribution in [0.15, 0.2) is 35.5 Å². The Hall–Kier alpha value is -2.50. The Balaban J connectivity index is 2.03. The van der Waals surface area contributed by atoms with Crippen LogP contribution in [0.2, 0.25) is 0 Å². The molecular formula is C16H24N6. The van der Waals surface area contributed by atoms with Crippen molar-refractivity contribution in [2.75, 3.05) is 24.3 Å². The summed E-state index contributed by atoms with van der Waals surface area (Å²) in [7, 11) is 5.90. The number of imidazole rings is 1. The van der Waals surface area contributed by atoms with Crippen LogP contribution in [-0.4, -0.2) is 29.6 Å². The number of aliphatic imine (C=N–C) groups is 1. The molecule has 6 heteroatoms. The maximum atomic E-state index is 5.96. The summed E-state index contributed by atoms with van der Waals surface area (Å²) >= 11 is 0. The summed E-state index contributed by atoms with van der Waals surface area (Å²) in [6.45, 7) is 2.62. The summed E-state index contributed by atoms with van der Waals surface area (Å²) in [6, 6.07) is 8.17. The van der Waals surface area contributed by atoms with Crippen molar-refractivity contribution in [3.63, 3.8) is 0 Å². The maximum absolute atomic E-state index is 5.96. The molecule has 0 bridgehead atoms. The van der Waals surface area contributed by atoms with Gasteiger partial charge in [-0.2, -0.15) is 0 Å². The van der Waals surface area contributed by atoms with Gasteiger partial charge in [-0.05, 0) is 24.1 Å². The smallest absolute Gasteiger partial charge is 0.204 e. The van der Waals surface area contributed by atoms with Gasteiger partial charge in [0.25, 0.3) is 0 Å². The molecule has 0 aliphatic heterocycles. The van der Waals surface area contributed by atoms with E-state index in [0.717, 1.165) is 23.8 Å². The first-order valence-electron chi connectivity index (χ1n) is 7.35. The van der Waals surface area contributed by atoms with E-state index < -0.39 is 0 Å². The fourth-order valence-electron chi connectivity index (χ4n) is 2.22. The minimum absolute atomic E-state index is 0.404. The first kappa shape index (κ1) is 15.9. The molecule has 3 N–H and O–H groups in total. The summed E-state index contributed by atoms with van der Waals surface area (Å²) in [6.07, 6.45) is 2.82. The van der Waals surface area contributed by atoms with Gasteiger partial charge in [-0.15, -0.1) is 0 Å². The zero-order valence-electron chi connectivity index (χ0n) is 13.7. The zero-order chi connectivity index (χ0) is 16.1. The van der Waals surface area contributed by atoms with Crippen LogP contribution in [0.3, 0.4) is 0 Å². The fourth-order valence-corrected chi connectivity index (χ4v) is 2.22. The lowest BCUT2D eigenvalue weighted by molar-refractivity contribution is 0.801. The van der Waals surface area contributed by atoms with Gasteiger partial charge in [-0.25, -0.2) is 9.98 Å². The molecule has 0 aliphatic rings. The van der Waals surface area contributed by atoms with Crippen LogP contribution >= 0.6 is 0 Å². The lowest BCUT2D eigenvalue weighted by Gasteiger charge is -2.12. The Kier molecular flexibility index (Phi) is 5.04. The molecule has 0 aliphatic carbocycles. The fraction of sp³-hybridized carbons (Fsp3) is 0.375. The van der Waals surface area contributed by atoms with E-state index in [1.807, 2.05) is 48.9 Å².